The van der Waals surface area contributed by atoms with Crippen molar-refractivity contribution in [3.8, 4) is 5.75 Å². The molecule has 100 valence electrons. The van der Waals surface area contributed by atoms with Gasteiger partial charge in [0.15, 0.2) is 0 Å². The Bertz CT molecular complexity index is 523. The molecule has 1 aromatic carbocycles. The number of benzene rings is 1. The number of rotatable bonds is 5. The molecule has 0 saturated carbocycles. The zero-order chi connectivity index (χ0) is 13.7. The van der Waals surface area contributed by atoms with Gasteiger partial charge >= 0.3 is 0 Å². The molecule has 1 aromatic heterocycles. The van der Waals surface area contributed by atoms with Crippen LogP contribution in [0.4, 0.5) is 0 Å². The van der Waals surface area contributed by atoms with Gasteiger partial charge in [0.25, 0.3) is 0 Å². The fourth-order valence-corrected chi connectivity index (χ4v) is 2.18. The number of nitrogens with zero attached hydrogens (tertiary/aromatic N) is 1. The number of ether oxygens (including phenoxy) is 1. The maximum absolute atomic E-state index is 5.20. The molecule has 0 aliphatic carbocycles. The van der Waals surface area contributed by atoms with Gasteiger partial charge in [-0.25, -0.2) is 0 Å². The third kappa shape index (κ3) is 3.32. The molecule has 0 bridgehead atoms. The first kappa shape index (κ1) is 13.6. The average Bonchev–Trinajstić information content (AvgIpc) is 2.45. The summed E-state index contributed by atoms with van der Waals surface area (Å²) in [6.45, 7) is 5.04. The van der Waals surface area contributed by atoms with Crippen LogP contribution < -0.4 is 10.1 Å². The molecule has 0 radical (unpaired) electrons. The summed E-state index contributed by atoms with van der Waals surface area (Å²) >= 11 is 0. The Balaban J connectivity index is 2.33. The molecule has 19 heavy (non-hydrogen) atoms. The SMILES string of the molecule is CCNC(c1ccc(OC)cc1)c1ccnc(C)c1. The van der Waals surface area contributed by atoms with Crippen molar-refractivity contribution < 1.29 is 4.74 Å². The Hall–Kier alpha value is -1.87. The number of aryl methyl sites for hydroxylation is 1. The van der Waals surface area contributed by atoms with Crippen LogP contribution in [0, 0.1) is 6.92 Å². The summed E-state index contributed by atoms with van der Waals surface area (Å²) in [4.78, 5) is 4.26. The predicted octanol–water partition coefficient (Wildman–Crippen LogP) is 3.10. The number of pyridine rings is 1. The predicted molar refractivity (Wildman–Crippen MR) is 77.5 cm³/mol. The molecule has 2 aromatic rings. The van der Waals surface area contributed by atoms with Crippen LogP contribution in [-0.4, -0.2) is 18.6 Å². The summed E-state index contributed by atoms with van der Waals surface area (Å²) in [6, 6.07) is 12.6. The van der Waals surface area contributed by atoms with E-state index < -0.39 is 0 Å². The molecule has 1 atom stereocenters. The third-order valence-electron chi connectivity index (χ3n) is 3.11. The molecule has 1 heterocycles. The average molecular weight is 256 g/mol. The highest BCUT2D eigenvalue weighted by molar-refractivity contribution is 5.35. The fraction of sp³-hybridized carbons (Fsp3) is 0.312. The molecule has 0 aliphatic rings. The molecule has 0 aliphatic heterocycles. The minimum Gasteiger partial charge on any atom is -0.497 e. The Kier molecular flexibility index (Phi) is 4.53. The summed E-state index contributed by atoms with van der Waals surface area (Å²) in [5, 5.41) is 3.51. The Morgan fingerprint density at radius 3 is 2.47 bits per heavy atom. The standard InChI is InChI=1S/C16H20N2O/c1-4-17-16(14-9-10-18-12(2)11-14)13-5-7-15(19-3)8-6-13/h5-11,16-17H,4H2,1-3H3. The molecule has 3 nitrogen and oxygen atoms in total. The van der Waals surface area contributed by atoms with Crippen molar-refractivity contribution in [1.82, 2.24) is 10.3 Å². The van der Waals surface area contributed by atoms with E-state index in [1.165, 1.54) is 11.1 Å². The summed E-state index contributed by atoms with van der Waals surface area (Å²) in [5.74, 6) is 0.880. The van der Waals surface area contributed by atoms with Gasteiger partial charge < -0.3 is 10.1 Å². The van der Waals surface area contributed by atoms with E-state index >= 15 is 0 Å². The van der Waals surface area contributed by atoms with Crippen molar-refractivity contribution in [2.75, 3.05) is 13.7 Å². The number of aromatic nitrogens is 1. The van der Waals surface area contributed by atoms with E-state index in [2.05, 4.69) is 41.5 Å². The molecule has 3 heteroatoms. The van der Waals surface area contributed by atoms with Crippen LogP contribution in [0.3, 0.4) is 0 Å². The number of hydrogen-bond acceptors (Lipinski definition) is 3. The van der Waals surface area contributed by atoms with E-state index in [0.717, 1.165) is 18.0 Å². The van der Waals surface area contributed by atoms with E-state index in [4.69, 9.17) is 4.74 Å². The maximum Gasteiger partial charge on any atom is 0.118 e. The monoisotopic (exact) mass is 256 g/mol. The summed E-state index contributed by atoms with van der Waals surface area (Å²) in [5.41, 5.74) is 3.50. The Labute approximate surface area is 114 Å². The number of hydrogen-bond donors (Lipinski definition) is 1. The first-order chi connectivity index (χ1) is 9.24. The third-order valence-corrected chi connectivity index (χ3v) is 3.11. The second-order valence-electron chi connectivity index (χ2n) is 4.49. The molecule has 0 saturated heterocycles. The van der Waals surface area contributed by atoms with E-state index in [1.54, 1.807) is 7.11 Å². The van der Waals surface area contributed by atoms with Crippen molar-refractivity contribution >= 4 is 0 Å². The minimum atomic E-state index is 0.192. The smallest absolute Gasteiger partial charge is 0.118 e. The fourth-order valence-electron chi connectivity index (χ4n) is 2.18. The van der Waals surface area contributed by atoms with Crippen molar-refractivity contribution in [2.24, 2.45) is 0 Å². The van der Waals surface area contributed by atoms with Gasteiger partial charge in [0, 0.05) is 11.9 Å². The van der Waals surface area contributed by atoms with Gasteiger partial charge in [0.05, 0.1) is 13.2 Å². The first-order valence-corrected chi connectivity index (χ1v) is 6.54. The maximum atomic E-state index is 5.20. The van der Waals surface area contributed by atoms with Gasteiger partial charge in [-0.3, -0.25) is 4.98 Å². The van der Waals surface area contributed by atoms with Crippen molar-refractivity contribution in [2.45, 2.75) is 19.9 Å². The molecular weight excluding hydrogens is 236 g/mol. The molecule has 0 fully saturated rings. The van der Waals surface area contributed by atoms with Crippen LogP contribution >= 0.6 is 0 Å². The lowest BCUT2D eigenvalue weighted by Crippen LogP contribution is -2.22. The molecular formula is C16H20N2O. The lowest BCUT2D eigenvalue weighted by Gasteiger charge is -2.19. The van der Waals surface area contributed by atoms with E-state index in [-0.39, 0.29) is 6.04 Å². The van der Waals surface area contributed by atoms with Gasteiger partial charge in [-0.05, 0) is 48.9 Å². The highest BCUT2D eigenvalue weighted by Gasteiger charge is 2.13. The summed E-state index contributed by atoms with van der Waals surface area (Å²) in [7, 11) is 1.68. The van der Waals surface area contributed by atoms with Crippen LogP contribution in [0.2, 0.25) is 0 Å². The lowest BCUT2D eigenvalue weighted by atomic mass is 9.99. The second kappa shape index (κ2) is 6.34. The van der Waals surface area contributed by atoms with Gasteiger partial charge in [0.1, 0.15) is 5.75 Å². The van der Waals surface area contributed by atoms with Gasteiger partial charge in [-0.15, -0.1) is 0 Å². The molecule has 2 rings (SSSR count). The van der Waals surface area contributed by atoms with Gasteiger partial charge in [0.2, 0.25) is 0 Å². The Morgan fingerprint density at radius 2 is 1.89 bits per heavy atom. The highest BCUT2D eigenvalue weighted by atomic mass is 16.5. The van der Waals surface area contributed by atoms with E-state index in [0.29, 0.717) is 0 Å². The summed E-state index contributed by atoms with van der Waals surface area (Å²) in [6.07, 6.45) is 1.86. The quantitative estimate of drug-likeness (QED) is 0.892. The first-order valence-electron chi connectivity index (χ1n) is 6.54. The molecule has 1 N–H and O–H groups in total. The van der Waals surface area contributed by atoms with E-state index in [1.807, 2.05) is 25.3 Å². The van der Waals surface area contributed by atoms with Crippen LogP contribution in [0.5, 0.6) is 5.75 Å². The normalized spacial score (nSPS) is 12.2. The Morgan fingerprint density at radius 1 is 1.16 bits per heavy atom. The second-order valence-corrected chi connectivity index (χ2v) is 4.49. The number of nitrogens with one attached hydrogen (secondary N) is 1. The molecule has 0 spiro atoms. The highest BCUT2D eigenvalue weighted by Crippen LogP contribution is 2.24. The van der Waals surface area contributed by atoms with Crippen LogP contribution in [0.1, 0.15) is 29.8 Å². The van der Waals surface area contributed by atoms with Gasteiger partial charge in [-0.1, -0.05) is 19.1 Å². The van der Waals surface area contributed by atoms with Gasteiger partial charge in [-0.2, -0.15) is 0 Å². The van der Waals surface area contributed by atoms with Crippen molar-refractivity contribution in [3.63, 3.8) is 0 Å². The van der Waals surface area contributed by atoms with Crippen LogP contribution in [0.15, 0.2) is 42.6 Å². The number of methoxy groups -OCH3 is 1. The van der Waals surface area contributed by atoms with E-state index in [9.17, 15) is 0 Å². The summed E-state index contributed by atoms with van der Waals surface area (Å²) < 4.78 is 5.20. The largest absolute Gasteiger partial charge is 0.497 e. The lowest BCUT2D eigenvalue weighted by molar-refractivity contribution is 0.414. The van der Waals surface area contributed by atoms with Crippen molar-refractivity contribution in [3.05, 3.63) is 59.4 Å². The zero-order valence-corrected chi connectivity index (χ0v) is 11.7. The topological polar surface area (TPSA) is 34.1 Å². The molecule has 1 unspecified atom stereocenters. The van der Waals surface area contributed by atoms with Crippen LogP contribution in [0.25, 0.3) is 0 Å². The molecule has 0 amide bonds. The van der Waals surface area contributed by atoms with Crippen molar-refractivity contribution in [1.29, 1.82) is 0 Å². The minimum absolute atomic E-state index is 0.192. The zero-order valence-electron chi connectivity index (χ0n) is 11.7. The van der Waals surface area contributed by atoms with Crippen LogP contribution in [-0.2, 0) is 0 Å².